The summed E-state index contributed by atoms with van der Waals surface area (Å²) in [5.74, 6) is -1.17. The Morgan fingerprint density at radius 1 is 1.17 bits per heavy atom. The van der Waals surface area contributed by atoms with Gasteiger partial charge in [0.25, 0.3) is 0 Å². The number of anilines is 1. The molecule has 1 amide bonds. The number of rotatable bonds is 9. The summed E-state index contributed by atoms with van der Waals surface area (Å²) in [4.78, 5) is 24.5. The first-order valence-corrected chi connectivity index (χ1v) is 8.76. The van der Waals surface area contributed by atoms with Crippen molar-refractivity contribution in [1.82, 2.24) is 0 Å². The van der Waals surface area contributed by atoms with Crippen LogP contribution in [0.3, 0.4) is 0 Å². The van der Waals surface area contributed by atoms with E-state index in [1.54, 1.807) is 6.07 Å². The fourth-order valence-electron chi connectivity index (χ4n) is 2.35. The first-order chi connectivity index (χ1) is 11.6. The summed E-state index contributed by atoms with van der Waals surface area (Å²) in [5.41, 5.74) is 1.32. The van der Waals surface area contributed by atoms with Crippen molar-refractivity contribution in [2.24, 2.45) is 0 Å². The van der Waals surface area contributed by atoms with Crippen molar-refractivity contribution in [1.29, 1.82) is 0 Å². The molecule has 0 aliphatic heterocycles. The van der Waals surface area contributed by atoms with Crippen molar-refractivity contribution >= 4 is 28.9 Å². The summed E-state index contributed by atoms with van der Waals surface area (Å²) in [6.07, 6.45) is 5.99. The van der Waals surface area contributed by atoms with Crippen LogP contribution in [0.15, 0.2) is 49.1 Å². The lowest BCUT2D eigenvalue weighted by molar-refractivity contribution is -0.116. The number of hydrogen-bond donors (Lipinski definition) is 2. The minimum atomic E-state index is -1.02. The number of benzene rings is 1. The third-order valence-electron chi connectivity index (χ3n) is 3.57. The topological polar surface area (TPSA) is 66.4 Å². The number of unbranched alkanes of at least 4 members (excludes halogenated alkanes) is 3. The third-order valence-corrected chi connectivity index (χ3v) is 4.74. The average molecular weight is 343 g/mol. The molecule has 126 valence electrons. The third kappa shape index (κ3) is 5.06. The smallest absolute Gasteiger partial charge is 0.348 e. The summed E-state index contributed by atoms with van der Waals surface area (Å²) in [6.45, 7) is 3.67. The van der Waals surface area contributed by atoms with Gasteiger partial charge >= 0.3 is 5.97 Å². The Morgan fingerprint density at radius 3 is 2.58 bits per heavy atom. The van der Waals surface area contributed by atoms with Crippen LogP contribution in [0.5, 0.6) is 0 Å². The van der Waals surface area contributed by atoms with Gasteiger partial charge < -0.3 is 10.4 Å². The Kier molecular flexibility index (Phi) is 6.75. The number of carboxylic acids is 1. The molecule has 2 aromatic rings. The Labute approximate surface area is 145 Å². The van der Waals surface area contributed by atoms with Gasteiger partial charge in [-0.15, -0.1) is 17.9 Å². The largest absolute Gasteiger partial charge is 0.477 e. The van der Waals surface area contributed by atoms with Gasteiger partial charge in [0.2, 0.25) is 5.91 Å². The van der Waals surface area contributed by atoms with E-state index in [1.165, 1.54) is 11.3 Å². The highest BCUT2D eigenvalue weighted by atomic mass is 32.1. The highest BCUT2D eigenvalue weighted by Crippen LogP contribution is 2.34. The predicted octanol–water partition coefficient (Wildman–Crippen LogP) is 5.19. The van der Waals surface area contributed by atoms with Gasteiger partial charge in [0.05, 0.1) is 5.69 Å². The van der Waals surface area contributed by atoms with E-state index < -0.39 is 5.97 Å². The number of nitrogens with one attached hydrogen (secondary N) is 1. The molecule has 0 atom stereocenters. The number of allylic oxidation sites excluding steroid dienone is 1. The molecule has 2 N–H and O–H groups in total. The average Bonchev–Trinajstić information content (AvgIpc) is 2.99. The number of carbonyl (C=O) groups is 2. The number of aromatic carboxylic acids is 1. The molecule has 1 aromatic carbocycles. The molecule has 0 spiro atoms. The molecule has 0 bridgehead atoms. The maximum atomic E-state index is 12.0. The van der Waals surface area contributed by atoms with Crippen LogP contribution in [0, 0.1) is 0 Å². The maximum Gasteiger partial charge on any atom is 0.348 e. The summed E-state index contributed by atoms with van der Waals surface area (Å²) in [5, 5.41) is 12.1. The van der Waals surface area contributed by atoms with E-state index in [9.17, 15) is 14.7 Å². The predicted molar refractivity (Wildman–Crippen MR) is 98.6 cm³/mol. The first kappa shape index (κ1) is 17.9. The van der Waals surface area contributed by atoms with Crippen LogP contribution in [0.1, 0.15) is 41.8 Å². The van der Waals surface area contributed by atoms with E-state index in [4.69, 9.17) is 0 Å². The van der Waals surface area contributed by atoms with Crippen molar-refractivity contribution in [2.45, 2.75) is 32.1 Å². The highest BCUT2D eigenvalue weighted by Gasteiger charge is 2.18. The second kappa shape index (κ2) is 9.03. The number of thiophene rings is 1. The number of amides is 1. The zero-order chi connectivity index (χ0) is 17.4. The van der Waals surface area contributed by atoms with Crippen LogP contribution < -0.4 is 5.32 Å². The molecule has 0 unspecified atom stereocenters. The Balaban J connectivity index is 2.03. The Hall–Kier alpha value is -2.40. The van der Waals surface area contributed by atoms with E-state index in [-0.39, 0.29) is 10.8 Å². The van der Waals surface area contributed by atoms with Crippen LogP contribution in [0.25, 0.3) is 10.4 Å². The molecule has 1 aromatic heterocycles. The lowest BCUT2D eigenvalue weighted by atomic mass is 10.1. The molecular weight excluding hydrogens is 322 g/mol. The van der Waals surface area contributed by atoms with Crippen LogP contribution in [-0.4, -0.2) is 17.0 Å². The number of hydrogen-bond acceptors (Lipinski definition) is 3. The van der Waals surface area contributed by atoms with Crippen LogP contribution in [0.2, 0.25) is 0 Å². The molecule has 5 heteroatoms. The lowest BCUT2D eigenvalue weighted by Crippen LogP contribution is -2.12. The van der Waals surface area contributed by atoms with Crippen molar-refractivity contribution < 1.29 is 14.7 Å². The fourth-order valence-corrected chi connectivity index (χ4v) is 3.31. The van der Waals surface area contributed by atoms with Gasteiger partial charge in [-0.05, 0) is 30.9 Å². The molecule has 4 nitrogen and oxygen atoms in total. The van der Waals surface area contributed by atoms with E-state index >= 15 is 0 Å². The van der Waals surface area contributed by atoms with Gasteiger partial charge in [-0.1, -0.05) is 42.8 Å². The SMILES string of the molecule is C=CCCCCCC(=O)Nc1cc(-c2ccccc2)sc1C(=O)O. The molecule has 24 heavy (non-hydrogen) atoms. The molecule has 2 rings (SSSR count). The molecule has 0 radical (unpaired) electrons. The van der Waals surface area contributed by atoms with Crippen molar-refractivity contribution in [3.63, 3.8) is 0 Å². The highest BCUT2D eigenvalue weighted by molar-refractivity contribution is 7.18. The first-order valence-electron chi connectivity index (χ1n) is 7.95. The zero-order valence-corrected chi connectivity index (χ0v) is 14.3. The number of carbonyl (C=O) groups excluding carboxylic acids is 1. The van der Waals surface area contributed by atoms with E-state index in [0.717, 1.165) is 36.1 Å². The summed E-state index contributed by atoms with van der Waals surface area (Å²) >= 11 is 1.17. The Morgan fingerprint density at radius 2 is 1.92 bits per heavy atom. The molecule has 0 saturated heterocycles. The molecular formula is C19H21NO3S. The number of carboxylic acid groups (broad SMARTS) is 1. The second-order valence-electron chi connectivity index (χ2n) is 5.46. The molecule has 0 saturated carbocycles. The van der Waals surface area contributed by atoms with Crippen LogP contribution >= 0.6 is 11.3 Å². The summed E-state index contributed by atoms with van der Waals surface area (Å²) in [7, 11) is 0. The van der Waals surface area contributed by atoms with Gasteiger partial charge in [0.15, 0.2) is 0 Å². The molecule has 1 heterocycles. The normalized spacial score (nSPS) is 10.3. The molecule has 0 fully saturated rings. The minimum absolute atomic E-state index is 0.145. The Bertz CT molecular complexity index is 707. The molecule has 0 aliphatic rings. The van der Waals surface area contributed by atoms with Crippen LogP contribution in [0.4, 0.5) is 5.69 Å². The van der Waals surface area contributed by atoms with Crippen molar-refractivity contribution in [3.8, 4) is 10.4 Å². The van der Waals surface area contributed by atoms with E-state index in [1.807, 2.05) is 36.4 Å². The fraction of sp³-hybridized carbons (Fsp3) is 0.263. The van der Waals surface area contributed by atoms with E-state index in [2.05, 4.69) is 11.9 Å². The monoisotopic (exact) mass is 343 g/mol. The standard InChI is InChI=1S/C19H21NO3S/c1-2-3-4-5-9-12-17(21)20-15-13-16(24-18(15)19(22)23)14-10-7-6-8-11-14/h2,6-8,10-11,13H,1,3-5,9,12H2,(H,20,21)(H,22,23). The second-order valence-corrected chi connectivity index (χ2v) is 6.51. The van der Waals surface area contributed by atoms with Crippen molar-refractivity contribution in [3.05, 3.63) is 53.9 Å². The van der Waals surface area contributed by atoms with Crippen molar-refractivity contribution in [2.75, 3.05) is 5.32 Å². The quantitative estimate of drug-likeness (QED) is 0.486. The van der Waals surface area contributed by atoms with Gasteiger partial charge in [0.1, 0.15) is 4.88 Å². The zero-order valence-electron chi connectivity index (χ0n) is 13.5. The summed E-state index contributed by atoms with van der Waals surface area (Å²) in [6, 6.07) is 11.3. The van der Waals surface area contributed by atoms with Crippen LogP contribution in [-0.2, 0) is 4.79 Å². The van der Waals surface area contributed by atoms with Gasteiger partial charge in [-0.25, -0.2) is 4.79 Å². The minimum Gasteiger partial charge on any atom is -0.477 e. The van der Waals surface area contributed by atoms with Gasteiger partial charge in [0, 0.05) is 11.3 Å². The van der Waals surface area contributed by atoms with Gasteiger partial charge in [-0.2, -0.15) is 0 Å². The van der Waals surface area contributed by atoms with E-state index in [0.29, 0.717) is 12.1 Å². The molecule has 0 aliphatic carbocycles. The maximum absolute atomic E-state index is 12.0. The van der Waals surface area contributed by atoms with Gasteiger partial charge in [-0.3, -0.25) is 4.79 Å². The lowest BCUT2D eigenvalue weighted by Gasteiger charge is -2.04. The summed E-state index contributed by atoms with van der Waals surface area (Å²) < 4.78 is 0.